The maximum absolute atomic E-state index is 11.9. The van der Waals surface area contributed by atoms with E-state index in [0.29, 0.717) is 24.0 Å². The van der Waals surface area contributed by atoms with Crippen LogP contribution in [0.15, 0.2) is 23.8 Å². The van der Waals surface area contributed by atoms with Crippen molar-refractivity contribution < 1.29 is 29.3 Å². The normalized spacial score (nSPS) is 37.4. The van der Waals surface area contributed by atoms with Gasteiger partial charge in [-0.05, 0) is 30.1 Å². The zero-order chi connectivity index (χ0) is 17.1. The lowest BCUT2D eigenvalue weighted by Gasteiger charge is -2.27. The molecule has 0 saturated carbocycles. The van der Waals surface area contributed by atoms with Crippen LogP contribution in [0.5, 0.6) is 0 Å². The Kier molecular flexibility index (Phi) is 5.59. The summed E-state index contributed by atoms with van der Waals surface area (Å²) < 4.78 is 10.6. The summed E-state index contributed by atoms with van der Waals surface area (Å²) in [5.74, 6) is -1.09. The van der Waals surface area contributed by atoms with Gasteiger partial charge < -0.3 is 19.7 Å². The maximum atomic E-state index is 11.9. The van der Waals surface area contributed by atoms with Crippen LogP contribution in [0.4, 0.5) is 0 Å². The Hall–Kier alpha value is -1.66. The Morgan fingerprint density at radius 2 is 2.22 bits per heavy atom. The second-order valence-corrected chi connectivity index (χ2v) is 6.30. The Morgan fingerprint density at radius 1 is 1.52 bits per heavy atom. The molecule has 1 aliphatic carbocycles. The van der Waals surface area contributed by atoms with Crippen molar-refractivity contribution in [3.8, 4) is 0 Å². The molecule has 1 fully saturated rings. The van der Waals surface area contributed by atoms with E-state index in [2.05, 4.69) is 6.58 Å². The lowest BCUT2D eigenvalue weighted by atomic mass is 9.83. The lowest BCUT2D eigenvalue weighted by Crippen LogP contribution is -2.30. The van der Waals surface area contributed by atoms with E-state index in [4.69, 9.17) is 9.47 Å². The molecule has 0 aromatic rings. The fourth-order valence-corrected chi connectivity index (χ4v) is 3.20. The third-order valence-corrected chi connectivity index (χ3v) is 4.68. The van der Waals surface area contributed by atoms with Gasteiger partial charge in [-0.25, -0.2) is 0 Å². The summed E-state index contributed by atoms with van der Waals surface area (Å²) in [6.07, 6.45) is 0.975. The number of aliphatic hydroxyl groups is 2. The molecule has 128 valence electrons. The predicted molar refractivity (Wildman–Crippen MR) is 82.3 cm³/mol. The molecule has 0 aromatic carbocycles. The first kappa shape index (κ1) is 17.7. The summed E-state index contributed by atoms with van der Waals surface area (Å²) in [4.78, 5) is 23.2. The summed E-state index contributed by atoms with van der Waals surface area (Å²) in [6, 6.07) is 0. The fraction of sp³-hybridized carbons (Fsp3) is 0.647. The molecule has 1 saturated heterocycles. The number of carbonyl (C=O) groups is 2. The number of carbonyl (C=O) groups excluding carboxylic acids is 2. The average molecular weight is 324 g/mol. The van der Waals surface area contributed by atoms with E-state index in [-0.39, 0.29) is 30.8 Å². The molecule has 2 aliphatic rings. The van der Waals surface area contributed by atoms with E-state index in [1.165, 1.54) is 6.92 Å². The van der Waals surface area contributed by atoms with E-state index >= 15 is 0 Å². The van der Waals surface area contributed by atoms with Gasteiger partial charge in [0.15, 0.2) is 0 Å². The molecule has 6 nitrogen and oxygen atoms in total. The molecular formula is C17H24O6. The first-order chi connectivity index (χ1) is 10.8. The highest BCUT2D eigenvalue weighted by atomic mass is 16.6. The van der Waals surface area contributed by atoms with Gasteiger partial charge in [0.1, 0.15) is 12.2 Å². The van der Waals surface area contributed by atoms with E-state index in [9.17, 15) is 19.8 Å². The third kappa shape index (κ3) is 4.00. The second kappa shape index (κ2) is 7.27. The van der Waals surface area contributed by atoms with Crippen LogP contribution in [0.1, 0.15) is 33.1 Å². The Morgan fingerprint density at radius 3 is 2.83 bits per heavy atom. The lowest BCUT2D eigenvalue weighted by molar-refractivity contribution is -0.146. The van der Waals surface area contributed by atoms with E-state index in [1.54, 1.807) is 6.08 Å². The number of hydrogen-bond donors (Lipinski definition) is 2. The van der Waals surface area contributed by atoms with Gasteiger partial charge in [-0.1, -0.05) is 13.5 Å². The summed E-state index contributed by atoms with van der Waals surface area (Å²) >= 11 is 0. The Balaban J connectivity index is 2.37. The fourth-order valence-electron chi connectivity index (χ4n) is 3.20. The molecule has 2 unspecified atom stereocenters. The predicted octanol–water partition coefficient (Wildman–Crippen LogP) is 1.12. The number of esters is 2. The van der Waals surface area contributed by atoms with Crippen LogP contribution in [-0.4, -0.2) is 47.1 Å². The molecule has 0 radical (unpaired) electrons. The van der Waals surface area contributed by atoms with Crippen LogP contribution in [0.25, 0.3) is 0 Å². The van der Waals surface area contributed by atoms with Crippen LogP contribution in [0, 0.1) is 11.8 Å². The average Bonchev–Trinajstić information content (AvgIpc) is 2.75. The zero-order valence-electron chi connectivity index (χ0n) is 13.5. The minimum Gasteiger partial charge on any atom is -0.458 e. The van der Waals surface area contributed by atoms with Gasteiger partial charge in [-0.2, -0.15) is 0 Å². The van der Waals surface area contributed by atoms with Gasteiger partial charge in [0.25, 0.3) is 0 Å². The van der Waals surface area contributed by atoms with Crippen molar-refractivity contribution in [3.05, 3.63) is 23.8 Å². The zero-order valence-corrected chi connectivity index (χ0v) is 13.5. The molecule has 1 heterocycles. The van der Waals surface area contributed by atoms with Crippen LogP contribution < -0.4 is 0 Å². The maximum Gasteiger partial charge on any atom is 0.309 e. The second-order valence-electron chi connectivity index (χ2n) is 6.30. The molecular weight excluding hydrogens is 300 g/mol. The molecule has 2 rings (SSSR count). The highest BCUT2D eigenvalue weighted by molar-refractivity contribution is 5.75. The van der Waals surface area contributed by atoms with Crippen molar-refractivity contribution in [1.29, 1.82) is 0 Å². The van der Waals surface area contributed by atoms with Gasteiger partial charge in [0, 0.05) is 19.3 Å². The molecule has 0 amide bonds. The SMILES string of the molecule is C=C1CC[C@H]2C(C)C(=O)O[C@H]2/C=C(/CO)C(OC(C)=O)C[C@H]1O. The van der Waals surface area contributed by atoms with Crippen molar-refractivity contribution >= 4 is 11.9 Å². The van der Waals surface area contributed by atoms with Gasteiger partial charge in [0.2, 0.25) is 0 Å². The van der Waals surface area contributed by atoms with Crippen molar-refractivity contribution in [2.24, 2.45) is 11.8 Å². The van der Waals surface area contributed by atoms with Gasteiger partial charge in [0.05, 0.1) is 18.6 Å². The van der Waals surface area contributed by atoms with E-state index < -0.39 is 24.3 Å². The van der Waals surface area contributed by atoms with Crippen LogP contribution >= 0.6 is 0 Å². The quantitative estimate of drug-likeness (QED) is 0.584. The van der Waals surface area contributed by atoms with E-state index in [0.717, 1.165) is 0 Å². The molecule has 2 N–H and O–H groups in total. The summed E-state index contributed by atoms with van der Waals surface area (Å²) in [6.45, 7) is 6.64. The molecule has 0 bridgehead atoms. The minimum absolute atomic E-state index is 0.0518. The highest BCUT2D eigenvalue weighted by Gasteiger charge is 2.41. The molecule has 5 atom stereocenters. The van der Waals surface area contributed by atoms with Crippen molar-refractivity contribution in [1.82, 2.24) is 0 Å². The number of fused-ring (bicyclic) bond motifs is 1. The van der Waals surface area contributed by atoms with Gasteiger partial charge in [-0.15, -0.1) is 0 Å². The van der Waals surface area contributed by atoms with Gasteiger partial charge >= 0.3 is 11.9 Å². The monoisotopic (exact) mass is 324 g/mol. The highest BCUT2D eigenvalue weighted by Crippen LogP contribution is 2.36. The van der Waals surface area contributed by atoms with Crippen LogP contribution in [0.2, 0.25) is 0 Å². The van der Waals surface area contributed by atoms with E-state index in [1.807, 2.05) is 6.92 Å². The van der Waals surface area contributed by atoms with Crippen LogP contribution in [-0.2, 0) is 19.1 Å². The topological polar surface area (TPSA) is 93.1 Å². The summed E-state index contributed by atoms with van der Waals surface area (Å²) in [7, 11) is 0. The third-order valence-electron chi connectivity index (χ3n) is 4.68. The van der Waals surface area contributed by atoms with Crippen molar-refractivity contribution in [2.75, 3.05) is 6.61 Å². The summed E-state index contributed by atoms with van der Waals surface area (Å²) in [5, 5.41) is 19.9. The van der Waals surface area contributed by atoms with Gasteiger partial charge in [-0.3, -0.25) is 9.59 Å². The number of aliphatic hydroxyl groups excluding tert-OH is 2. The summed E-state index contributed by atoms with van der Waals surface area (Å²) in [5.41, 5.74) is 1.07. The number of ether oxygens (including phenoxy) is 2. The minimum atomic E-state index is -0.834. The smallest absolute Gasteiger partial charge is 0.309 e. The first-order valence-corrected chi connectivity index (χ1v) is 7.88. The standard InChI is InChI=1S/C17H24O6/c1-9-4-5-13-10(2)17(21)23-16(13)6-12(8-18)15(7-14(9)20)22-11(3)19/h6,10,13-16,18,20H,1,4-5,7-8H2,2-3H3/b12-6-/t10?,13-,14+,15?,16-/m0/s1. The molecule has 0 aromatic heterocycles. The molecule has 1 aliphatic heterocycles. The van der Waals surface area contributed by atoms with Crippen molar-refractivity contribution in [2.45, 2.75) is 51.4 Å². The first-order valence-electron chi connectivity index (χ1n) is 7.88. The largest absolute Gasteiger partial charge is 0.458 e. The molecule has 23 heavy (non-hydrogen) atoms. The Labute approximate surface area is 135 Å². The Bertz CT molecular complexity index is 523. The van der Waals surface area contributed by atoms with Crippen LogP contribution in [0.3, 0.4) is 0 Å². The van der Waals surface area contributed by atoms with Crippen molar-refractivity contribution in [3.63, 3.8) is 0 Å². The molecule has 0 spiro atoms. The number of rotatable bonds is 2. The molecule has 6 heteroatoms. The number of hydrogen-bond acceptors (Lipinski definition) is 6.